The minimum atomic E-state index is -0.152. The first kappa shape index (κ1) is 15.5. The van der Waals surface area contributed by atoms with E-state index in [-0.39, 0.29) is 5.91 Å². The number of halogens is 1. The average molecular weight is 393 g/mol. The van der Waals surface area contributed by atoms with Gasteiger partial charge in [0.05, 0.1) is 5.69 Å². The number of fused-ring (bicyclic) bond motifs is 1. The minimum Gasteiger partial charge on any atom is -0.322 e. The topological polar surface area (TPSA) is 59.3 Å². The van der Waals surface area contributed by atoms with Crippen LogP contribution in [-0.4, -0.2) is 20.3 Å². The fourth-order valence-electron chi connectivity index (χ4n) is 2.53. The van der Waals surface area contributed by atoms with Gasteiger partial charge in [-0.05, 0) is 42.5 Å². The van der Waals surface area contributed by atoms with Gasteiger partial charge >= 0.3 is 0 Å². The Bertz CT molecular complexity index is 1020. The Labute approximate surface area is 152 Å². The van der Waals surface area contributed by atoms with Gasteiger partial charge in [0.15, 0.2) is 0 Å². The maximum absolute atomic E-state index is 12.4. The number of amides is 1. The quantitative estimate of drug-likeness (QED) is 0.561. The molecule has 4 rings (SSSR count). The molecule has 0 fully saturated rings. The molecule has 2 heterocycles. The van der Waals surface area contributed by atoms with E-state index in [2.05, 4.69) is 31.2 Å². The van der Waals surface area contributed by atoms with Crippen molar-refractivity contribution in [2.24, 2.45) is 0 Å². The molecule has 0 radical (unpaired) electrons. The maximum atomic E-state index is 12.4. The molecule has 0 aliphatic heterocycles. The van der Waals surface area contributed by atoms with Crippen molar-refractivity contribution in [3.05, 3.63) is 83.2 Å². The predicted octanol–water partition coefficient (Wildman–Crippen LogP) is 4.41. The summed E-state index contributed by atoms with van der Waals surface area (Å²) in [5.74, 6) is 0.489. The standard InChI is InChI=1S/C19H13BrN4O/c20-15-7-5-13(6-8-15)18(25)22-16-4-1-3-14(11-16)17-12-24-10-2-9-21-19(24)23-17/h1-12H,(H,22,25). The number of carbonyl (C=O) groups excluding carboxylic acids is 1. The van der Waals surface area contributed by atoms with Gasteiger partial charge in [0.2, 0.25) is 5.78 Å². The molecule has 0 atom stereocenters. The fraction of sp³-hybridized carbons (Fsp3) is 0. The van der Waals surface area contributed by atoms with Gasteiger partial charge in [-0.2, -0.15) is 0 Å². The normalized spacial score (nSPS) is 10.8. The number of nitrogens with one attached hydrogen (secondary N) is 1. The van der Waals surface area contributed by atoms with Crippen molar-refractivity contribution in [1.82, 2.24) is 14.4 Å². The van der Waals surface area contributed by atoms with Gasteiger partial charge in [-0.1, -0.05) is 28.1 Å². The van der Waals surface area contributed by atoms with Crippen molar-refractivity contribution in [2.75, 3.05) is 5.32 Å². The number of carbonyl (C=O) groups is 1. The molecule has 25 heavy (non-hydrogen) atoms. The predicted molar refractivity (Wildman–Crippen MR) is 101 cm³/mol. The van der Waals surface area contributed by atoms with Crippen molar-refractivity contribution in [3.63, 3.8) is 0 Å². The molecule has 1 amide bonds. The van der Waals surface area contributed by atoms with E-state index in [4.69, 9.17) is 0 Å². The van der Waals surface area contributed by atoms with Crippen LogP contribution < -0.4 is 5.32 Å². The summed E-state index contributed by atoms with van der Waals surface area (Å²) in [5.41, 5.74) is 3.04. The van der Waals surface area contributed by atoms with Crippen molar-refractivity contribution < 1.29 is 4.79 Å². The van der Waals surface area contributed by atoms with E-state index < -0.39 is 0 Å². The maximum Gasteiger partial charge on any atom is 0.255 e. The van der Waals surface area contributed by atoms with E-state index in [0.29, 0.717) is 11.3 Å². The Morgan fingerprint density at radius 2 is 1.92 bits per heavy atom. The number of aromatic nitrogens is 3. The lowest BCUT2D eigenvalue weighted by atomic mass is 10.1. The number of nitrogens with zero attached hydrogens (tertiary/aromatic N) is 3. The van der Waals surface area contributed by atoms with Crippen LogP contribution in [0.4, 0.5) is 5.69 Å². The molecule has 4 aromatic rings. The van der Waals surface area contributed by atoms with Crippen molar-refractivity contribution >= 4 is 33.3 Å². The van der Waals surface area contributed by atoms with E-state index in [0.717, 1.165) is 21.4 Å². The second kappa shape index (κ2) is 6.49. The smallest absolute Gasteiger partial charge is 0.255 e. The van der Waals surface area contributed by atoms with Gasteiger partial charge in [-0.3, -0.25) is 9.20 Å². The monoisotopic (exact) mass is 392 g/mol. The average Bonchev–Trinajstić information content (AvgIpc) is 3.07. The molecular formula is C19H13BrN4O. The number of rotatable bonds is 3. The SMILES string of the molecule is O=C(Nc1cccc(-c2cn3cccnc3n2)c1)c1ccc(Br)cc1. The number of imidazole rings is 1. The lowest BCUT2D eigenvalue weighted by molar-refractivity contribution is 0.102. The van der Waals surface area contributed by atoms with Crippen LogP contribution in [0.15, 0.2) is 77.7 Å². The van der Waals surface area contributed by atoms with Crippen LogP contribution in [0.5, 0.6) is 0 Å². The number of hydrogen-bond acceptors (Lipinski definition) is 3. The van der Waals surface area contributed by atoms with E-state index in [1.165, 1.54) is 0 Å². The Morgan fingerprint density at radius 3 is 2.72 bits per heavy atom. The van der Waals surface area contributed by atoms with Gasteiger partial charge in [-0.25, -0.2) is 9.97 Å². The third-order valence-electron chi connectivity index (χ3n) is 3.76. The van der Waals surface area contributed by atoms with E-state index >= 15 is 0 Å². The zero-order valence-corrected chi connectivity index (χ0v) is 14.6. The third kappa shape index (κ3) is 3.29. The van der Waals surface area contributed by atoms with Gasteiger partial charge < -0.3 is 5.32 Å². The van der Waals surface area contributed by atoms with Crippen LogP contribution >= 0.6 is 15.9 Å². The molecule has 0 unspecified atom stereocenters. The summed E-state index contributed by atoms with van der Waals surface area (Å²) < 4.78 is 2.80. The Balaban J connectivity index is 1.60. The van der Waals surface area contributed by atoms with Gasteiger partial charge in [0, 0.05) is 39.9 Å². The molecule has 0 spiro atoms. The number of anilines is 1. The van der Waals surface area contributed by atoms with Crippen molar-refractivity contribution in [2.45, 2.75) is 0 Å². The molecular weight excluding hydrogens is 380 g/mol. The highest BCUT2D eigenvalue weighted by Crippen LogP contribution is 2.22. The summed E-state index contributed by atoms with van der Waals surface area (Å²) in [4.78, 5) is 21.1. The molecule has 0 aliphatic carbocycles. The van der Waals surface area contributed by atoms with Crippen molar-refractivity contribution in [3.8, 4) is 11.3 Å². The first-order chi connectivity index (χ1) is 12.2. The zero-order valence-electron chi connectivity index (χ0n) is 13.1. The highest BCUT2D eigenvalue weighted by molar-refractivity contribution is 9.10. The molecule has 5 nitrogen and oxygen atoms in total. The van der Waals surface area contributed by atoms with Crippen LogP contribution in [0.2, 0.25) is 0 Å². The fourth-order valence-corrected chi connectivity index (χ4v) is 2.79. The molecule has 1 N–H and O–H groups in total. The second-order valence-electron chi connectivity index (χ2n) is 5.49. The molecule has 122 valence electrons. The highest BCUT2D eigenvalue weighted by atomic mass is 79.9. The summed E-state index contributed by atoms with van der Waals surface area (Å²) in [6, 6.07) is 16.7. The molecule has 0 bridgehead atoms. The van der Waals surface area contributed by atoms with E-state index in [9.17, 15) is 4.79 Å². The molecule has 0 saturated heterocycles. The molecule has 0 aliphatic rings. The molecule has 6 heteroatoms. The molecule has 0 saturated carbocycles. The Morgan fingerprint density at radius 1 is 1.08 bits per heavy atom. The summed E-state index contributed by atoms with van der Waals surface area (Å²) in [6.45, 7) is 0. The van der Waals surface area contributed by atoms with Crippen LogP contribution in [0, 0.1) is 0 Å². The van der Waals surface area contributed by atoms with Crippen LogP contribution in [0.25, 0.3) is 17.0 Å². The van der Waals surface area contributed by atoms with Gasteiger partial charge in [-0.15, -0.1) is 0 Å². The van der Waals surface area contributed by atoms with Crippen molar-refractivity contribution in [1.29, 1.82) is 0 Å². The summed E-state index contributed by atoms with van der Waals surface area (Å²) in [5, 5.41) is 2.92. The van der Waals surface area contributed by atoms with Gasteiger partial charge in [0.1, 0.15) is 0 Å². The first-order valence-corrected chi connectivity index (χ1v) is 8.45. The molecule has 2 aromatic heterocycles. The summed E-state index contributed by atoms with van der Waals surface area (Å²) >= 11 is 3.37. The number of hydrogen-bond donors (Lipinski definition) is 1. The van der Waals surface area contributed by atoms with Gasteiger partial charge in [0.25, 0.3) is 5.91 Å². The molecule has 2 aromatic carbocycles. The Hall–Kier alpha value is -2.99. The third-order valence-corrected chi connectivity index (χ3v) is 4.29. The minimum absolute atomic E-state index is 0.152. The zero-order chi connectivity index (χ0) is 17.2. The van der Waals surface area contributed by atoms with Crippen LogP contribution in [0.1, 0.15) is 10.4 Å². The lowest BCUT2D eigenvalue weighted by Crippen LogP contribution is -2.11. The highest BCUT2D eigenvalue weighted by Gasteiger charge is 2.09. The Kier molecular flexibility index (Phi) is 4.03. The largest absolute Gasteiger partial charge is 0.322 e. The number of benzene rings is 2. The lowest BCUT2D eigenvalue weighted by Gasteiger charge is -2.07. The van der Waals surface area contributed by atoms with E-state index in [1.807, 2.05) is 59.3 Å². The van der Waals surface area contributed by atoms with Crippen LogP contribution in [-0.2, 0) is 0 Å². The summed E-state index contributed by atoms with van der Waals surface area (Å²) in [6.07, 6.45) is 5.52. The summed E-state index contributed by atoms with van der Waals surface area (Å²) in [7, 11) is 0. The first-order valence-electron chi connectivity index (χ1n) is 7.66. The second-order valence-corrected chi connectivity index (χ2v) is 6.41. The van der Waals surface area contributed by atoms with E-state index in [1.54, 1.807) is 18.3 Å². The van der Waals surface area contributed by atoms with Crippen LogP contribution in [0.3, 0.4) is 0 Å².